The Bertz CT molecular complexity index is 1440. The lowest BCUT2D eigenvalue weighted by Crippen LogP contribution is -2.55. The summed E-state index contributed by atoms with van der Waals surface area (Å²) in [6, 6.07) is 10.5. The predicted molar refractivity (Wildman–Crippen MR) is 148 cm³/mol. The Labute approximate surface area is 232 Å². The summed E-state index contributed by atoms with van der Waals surface area (Å²) >= 11 is 0. The van der Waals surface area contributed by atoms with Gasteiger partial charge in [0.05, 0.1) is 37.0 Å². The van der Waals surface area contributed by atoms with Crippen LogP contribution >= 0.6 is 0 Å². The van der Waals surface area contributed by atoms with Crippen LogP contribution in [0, 0.1) is 11.3 Å². The molecule has 5 heterocycles. The van der Waals surface area contributed by atoms with Gasteiger partial charge in [-0.1, -0.05) is 24.3 Å². The van der Waals surface area contributed by atoms with E-state index in [1.54, 1.807) is 6.20 Å². The minimum absolute atomic E-state index is 0.126. The van der Waals surface area contributed by atoms with Gasteiger partial charge in [0, 0.05) is 48.6 Å². The van der Waals surface area contributed by atoms with Crippen molar-refractivity contribution < 1.29 is 14.6 Å². The molecule has 12 heteroatoms. The van der Waals surface area contributed by atoms with E-state index in [0.29, 0.717) is 51.3 Å². The summed E-state index contributed by atoms with van der Waals surface area (Å²) in [6.45, 7) is 4.01. The van der Waals surface area contributed by atoms with Crippen molar-refractivity contribution in [2.75, 3.05) is 56.2 Å². The quantitative estimate of drug-likeness (QED) is 0.491. The van der Waals surface area contributed by atoms with Crippen LogP contribution in [0.2, 0.25) is 0 Å². The molecular weight excluding hydrogens is 510 g/mol. The molecule has 12 nitrogen and oxygen atoms in total. The van der Waals surface area contributed by atoms with Crippen LogP contribution in [0.25, 0.3) is 10.8 Å². The Balaban J connectivity index is 1.33. The number of likely N-dealkylation sites (tertiary alicyclic amines) is 1. The van der Waals surface area contributed by atoms with Gasteiger partial charge in [-0.2, -0.15) is 20.3 Å². The number of carboxylic acid groups (broad SMARTS) is 1. The molecule has 2 saturated heterocycles. The Morgan fingerprint density at radius 1 is 1.12 bits per heavy atom. The van der Waals surface area contributed by atoms with Gasteiger partial charge >= 0.3 is 12.1 Å². The Kier molecular flexibility index (Phi) is 7.21. The molecule has 1 amide bonds. The van der Waals surface area contributed by atoms with Gasteiger partial charge in [0.25, 0.3) is 0 Å². The van der Waals surface area contributed by atoms with E-state index >= 15 is 0 Å². The van der Waals surface area contributed by atoms with Crippen molar-refractivity contribution in [1.29, 1.82) is 5.26 Å². The summed E-state index contributed by atoms with van der Waals surface area (Å²) in [4.78, 5) is 29.5. The van der Waals surface area contributed by atoms with Gasteiger partial charge in [-0.15, -0.1) is 5.10 Å². The molecule has 2 fully saturated rings. The highest BCUT2D eigenvalue weighted by molar-refractivity contribution is 5.91. The van der Waals surface area contributed by atoms with Crippen molar-refractivity contribution in [3.05, 3.63) is 41.7 Å². The Morgan fingerprint density at radius 3 is 2.80 bits per heavy atom. The standard InChI is InChI=1S/C28H33N9O3/c1-34-11-4-6-21(34)18-40-27-31-24-17-35(26-22-7-3-2-5-19(22)15-30-33-26)12-9-23(24)25(32-27)36-13-14-37(28(38)39)20(16-36)8-10-29/h2-3,5,7,15,20-21H,4,6,8-9,11-14,16-18H2,1H3,(H,38,39). The van der Waals surface area contributed by atoms with E-state index in [2.05, 4.69) is 44.1 Å². The number of carbonyl (C=O) groups is 1. The van der Waals surface area contributed by atoms with Gasteiger partial charge in [-0.25, -0.2) is 4.79 Å². The SMILES string of the molecule is CN1CCCC1COc1nc2c(c(N3CCN(C(=O)O)C(CC#N)C3)n1)CCN(c1nncc3ccccc13)C2. The fourth-order valence-electron chi connectivity index (χ4n) is 6.08. The second-order valence-corrected chi connectivity index (χ2v) is 10.7. The van der Waals surface area contributed by atoms with Gasteiger partial charge in [-0.3, -0.25) is 0 Å². The summed E-state index contributed by atoms with van der Waals surface area (Å²) in [5.41, 5.74) is 1.91. The maximum absolute atomic E-state index is 11.8. The first-order chi connectivity index (χ1) is 19.5. The highest BCUT2D eigenvalue weighted by Crippen LogP contribution is 2.33. The number of likely N-dealkylation sites (N-methyl/N-ethyl adjacent to an activating group) is 1. The summed E-state index contributed by atoms with van der Waals surface area (Å²) in [5.74, 6) is 1.60. The van der Waals surface area contributed by atoms with Crippen LogP contribution < -0.4 is 14.5 Å². The third-order valence-corrected chi connectivity index (χ3v) is 8.30. The largest absolute Gasteiger partial charge is 0.465 e. The van der Waals surface area contributed by atoms with Crippen LogP contribution in [0.5, 0.6) is 6.01 Å². The maximum Gasteiger partial charge on any atom is 0.407 e. The van der Waals surface area contributed by atoms with Crippen molar-refractivity contribution >= 4 is 28.5 Å². The van der Waals surface area contributed by atoms with Gasteiger partial charge in [0.2, 0.25) is 0 Å². The number of anilines is 2. The first-order valence-electron chi connectivity index (χ1n) is 13.8. The first kappa shape index (κ1) is 26.0. The molecule has 208 valence electrons. The van der Waals surface area contributed by atoms with E-state index < -0.39 is 12.1 Å². The molecular formula is C28H33N9O3. The minimum atomic E-state index is -0.999. The number of nitriles is 1. The van der Waals surface area contributed by atoms with Crippen LogP contribution in [0.4, 0.5) is 16.4 Å². The van der Waals surface area contributed by atoms with Crippen LogP contribution in [-0.4, -0.2) is 99.6 Å². The zero-order chi connectivity index (χ0) is 27.6. The minimum Gasteiger partial charge on any atom is -0.465 e. The average molecular weight is 544 g/mol. The average Bonchev–Trinajstić information content (AvgIpc) is 3.39. The molecule has 6 rings (SSSR count). The number of benzene rings is 1. The number of ether oxygens (including phenoxy) is 1. The number of hydrogen-bond donors (Lipinski definition) is 1. The van der Waals surface area contributed by atoms with Crippen LogP contribution in [0.3, 0.4) is 0 Å². The van der Waals surface area contributed by atoms with Gasteiger partial charge in [0.1, 0.15) is 12.4 Å². The highest BCUT2D eigenvalue weighted by atomic mass is 16.5. The van der Waals surface area contributed by atoms with Crippen molar-refractivity contribution in [3.63, 3.8) is 0 Å². The third kappa shape index (κ3) is 5.04. The fourth-order valence-corrected chi connectivity index (χ4v) is 6.08. The monoisotopic (exact) mass is 543 g/mol. The van der Waals surface area contributed by atoms with Crippen molar-refractivity contribution in [3.8, 4) is 12.1 Å². The number of aromatic nitrogens is 4. The summed E-state index contributed by atoms with van der Waals surface area (Å²) in [7, 11) is 2.11. The molecule has 0 spiro atoms. The van der Waals surface area contributed by atoms with Crippen LogP contribution in [0.15, 0.2) is 30.5 Å². The molecule has 1 aromatic carbocycles. The molecule has 3 aliphatic rings. The molecule has 2 aromatic heterocycles. The lowest BCUT2D eigenvalue weighted by molar-refractivity contribution is 0.119. The first-order valence-corrected chi connectivity index (χ1v) is 13.8. The second kappa shape index (κ2) is 11.1. The smallest absolute Gasteiger partial charge is 0.407 e. The van der Waals surface area contributed by atoms with Crippen LogP contribution in [-0.2, 0) is 13.0 Å². The summed E-state index contributed by atoms with van der Waals surface area (Å²) < 4.78 is 6.21. The fraction of sp³-hybridized carbons (Fsp3) is 0.500. The molecule has 3 aromatic rings. The Hall–Kier alpha value is -4.24. The highest BCUT2D eigenvalue weighted by Gasteiger charge is 2.34. The number of rotatable bonds is 6. The van der Waals surface area contributed by atoms with E-state index in [9.17, 15) is 15.2 Å². The number of hydrogen-bond acceptors (Lipinski definition) is 10. The van der Waals surface area contributed by atoms with E-state index in [4.69, 9.17) is 14.7 Å². The molecule has 40 heavy (non-hydrogen) atoms. The molecule has 0 radical (unpaired) electrons. The third-order valence-electron chi connectivity index (χ3n) is 8.30. The lowest BCUT2D eigenvalue weighted by Gasteiger charge is -2.41. The normalized spacial score (nSPS) is 21.4. The lowest BCUT2D eigenvalue weighted by atomic mass is 10.0. The Morgan fingerprint density at radius 2 is 2.00 bits per heavy atom. The molecule has 3 aliphatic heterocycles. The van der Waals surface area contributed by atoms with Gasteiger partial charge < -0.3 is 29.4 Å². The van der Waals surface area contributed by atoms with Gasteiger partial charge in [0.15, 0.2) is 5.82 Å². The van der Waals surface area contributed by atoms with Gasteiger partial charge in [-0.05, 0) is 32.9 Å². The zero-order valence-corrected chi connectivity index (χ0v) is 22.6. The van der Waals surface area contributed by atoms with E-state index in [1.807, 2.05) is 18.2 Å². The number of nitrogens with zero attached hydrogens (tertiary/aromatic N) is 9. The van der Waals surface area contributed by atoms with E-state index in [1.165, 1.54) is 4.90 Å². The van der Waals surface area contributed by atoms with Crippen LogP contribution in [0.1, 0.15) is 30.5 Å². The molecule has 2 atom stereocenters. The van der Waals surface area contributed by atoms with Crippen molar-refractivity contribution in [2.24, 2.45) is 0 Å². The topological polar surface area (TPSA) is 135 Å². The molecule has 0 bridgehead atoms. The van der Waals surface area contributed by atoms with Crippen molar-refractivity contribution in [2.45, 2.75) is 44.3 Å². The summed E-state index contributed by atoms with van der Waals surface area (Å²) in [6.07, 6.45) is 3.83. The number of amides is 1. The molecule has 2 unspecified atom stereocenters. The predicted octanol–water partition coefficient (Wildman–Crippen LogP) is 2.54. The van der Waals surface area contributed by atoms with Crippen molar-refractivity contribution in [1.82, 2.24) is 30.0 Å². The maximum atomic E-state index is 11.8. The van der Waals surface area contributed by atoms with E-state index in [0.717, 1.165) is 59.6 Å². The molecule has 0 saturated carbocycles. The second-order valence-electron chi connectivity index (χ2n) is 10.7. The zero-order valence-electron chi connectivity index (χ0n) is 22.6. The number of piperazine rings is 1. The number of fused-ring (bicyclic) bond motifs is 2. The summed E-state index contributed by atoms with van der Waals surface area (Å²) in [5, 5.41) is 29.8. The molecule has 0 aliphatic carbocycles. The van der Waals surface area contributed by atoms with E-state index in [-0.39, 0.29) is 6.42 Å². The molecule has 1 N–H and O–H groups in total.